The smallest absolute Gasteiger partial charge is 0.151 e. The van der Waals surface area contributed by atoms with Gasteiger partial charge in [-0.1, -0.05) is 6.92 Å². The fourth-order valence-electron chi connectivity index (χ4n) is 2.83. The van der Waals surface area contributed by atoms with E-state index in [4.69, 9.17) is 4.98 Å². The summed E-state index contributed by atoms with van der Waals surface area (Å²) in [6, 6.07) is 0. The van der Waals surface area contributed by atoms with E-state index in [2.05, 4.69) is 28.5 Å². The maximum atomic E-state index is 4.74. The van der Waals surface area contributed by atoms with Gasteiger partial charge in [-0.05, 0) is 42.6 Å². The minimum Gasteiger partial charge on any atom is -0.250 e. The largest absolute Gasteiger partial charge is 0.250 e. The number of hydrogen-bond donors (Lipinski definition) is 0. The number of thioether (sulfide) groups is 1. The second-order valence-electron chi connectivity index (χ2n) is 5.55. The van der Waals surface area contributed by atoms with Gasteiger partial charge in [-0.25, -0.2) is 9.67 Å². The average Bonchev–Trinajstić information content (AvgIpc) is 2.71. The van der Waals surface area contributed by atoms with Crippen LogP contribution in [0.4, 0.5) is 0 Å². The number of hydrogen-bond acceptors (Lipinski definition) is 3. The molecule has 1 fully saturated rings. The molecule has 94 valence electrons. The van der Waals surface area contributed by atoms with Gasteiger partial charge in [-0.2, -0.15) is 16.9 Å². The first-order valence-corrected chi connectivity index (χ1v) is 7.97. The fourth-order valence-corrected chi connectivity index (χ4v) is 3.98. The summed E-state index contributed by atoms with van der Waals surface area (Å²) in [7, 11) is 0. The molecule has 2 unspecified atom stereocenters. The Morgan fingerprint density at radius 3 is 3.18 bits per heavy atom. The summed E-state index contributed by atoms with van der Waals surface area (Å²) in [6.07, 6.45) is 6.22. The van der Waals surface area contributed by atoms with E-state index in [1.54, 1.807) is 0 Å². The van der Waals surface area contributed by atoms with Crippen LogP contribution in [0.25, 0.3) is 0 Å². The van der Waals surface area contributed by atoms with Crippen molar-refractivity contribution >= 4 is 11.8 Å². The second-order valence-corrected chi connectivity index (χ2v) is 6.70. The molecule has 0 amide bonds. The summed E-state index contributed by atoms with van der Waals surface area (Å²) in [5.41, 5.74) is 0. The van der Waals surface area contributed by atoms with E-state index in [-0.39, 0.29) is 0 Å². The lowest BCUT2D eigenvalue weighted by molar-refractivity contribution is 0.385. The Bertz CT molecular complexity index is 382. The zero-order valence-corrected chi connectivity index (χ0v) is 11.4. The number of rotatable bonds is 2. The Hall–Kier alpha value is -0.510. The highest BCUT2D eigenvalue weighted by Gasteiger charge is 2.21. The summed E-state index contributed by atoms with van der Waals surface area (Å²) < 4.78 is 2.14. The zero-order valence-electron chi connectivity index (χ0n) is 10.6. The van der Waals surface area contributed by atoms with E-state index < -0.39 is 0 Å². The van der Waals surface area contributed by atoms with Crippen LogP contribution in [-0.2, 0) is 19.4 Å². The molecule has 0 radical (unpaired) electrons. The first-order chi connectivity index (χ1) is 8.31. The van der Waals surface area contributed by atoms with E-state index in [0.29, 0.717) is 0 Å². The van der Waals surface area contributed by atoms with Crippen molar-refractivity contribution in [3.63, 3.8) is 0 Å². The van der Waals surface area contributed by atoms with Gasteiger partial charge in [0.1, 0.15) is 5.82 Å². The number of aryl methyl sites for hydroxylation is 1. The third-order valence-corrected chi connectivity index (χ3v) is 5.17. The molecule has 1 saturated heterocycles. The Morgan fingerprint density at radius 1 is 1.41 bits per heavy atom. The third-order valence-electron chi connectivity index (χ3n) is 3.88. The van der Waals surface area contributed by atoms with Gasteiger partial charge in [-0.15, -0.1) is 0 Å². The van der Waals surface area contributed by atoms with Crippen LogP contribution in [0.5, 0.6) is 0 Å². The molecule has 0 aromatic carbocycles. The van der Waals surface area contributed by atoms with Crippen LogP contribution in [0, 0.1) is 11.8 Å². The average molecular weight is 251 g/mol. The molecule has 2 atom stereocenters. The molecule has 3 heterocycles. The molecule has 2 aliphatic rings. The molecule has 0 spiro atoms. The van der Waals surface area contributed by atoms with E-state index in [9.17, 15) is 0 Å². The first kappa shape index (κ1) is 11.6. The SMILES string of the molecule is CC1CCn2nc(CC3CCCSC3)nc2C1. The molecule has 3 rings (SSSR count). The minimum absolute atomic E-state index is 0.782. The van der Waals surface area contributed by atoms with Gasteiger partial charge in [0, 0.05) is 19.4 Å². The van der Waals surface area contributed by atoms with Crippen molar-refractivity contribution < 1.29 is 0 Å². The Labute approximate surface area is 107 Å². The lowest BCUT2D eigenvalue weighted by Crippen LogP contribution is -2.18. The standard InChI is InChI=1S/C13H21N3S/c1-10-4-5-16-13(7-10)14-12(15-16)8-11-3-2-6-17-9-11/h10-11H,2-9H2,1H3. The first-order valence-electron chi connectivity index (χ1n) is 6.81. The van der Waals surface area contributed by atoms with Crippen LogP contribution >= 0.6 is 11.8 Å². The molecular weight excluding hydrogens is 230 g/mol. The highest BCUT2D eigenvalue weighted by atomic mass is 32.2. The van der Waals surface area contributed by atoms with Crippen molar-refractivity contribution in [3.8, 4) is 0 Å². The Kier molecular flexibility index (Phi) is 3.41. The monoisotopic (exact) mass is 251 g/mol. The van der Waals surface area contributed by atoms with E-state index in [1.807, 2.05) is 0 Å². The van der Waals surface area contributed by atoms with E-state index in [1.165, 1.54) is 36.6 Å². The van der Waals surface area contributed by atoms with Crippen molar-refractivity contribution in [1.82, 2.24) is 14.8 Å². The lowest BCUT2D eigenvalue weighted by atomic mass is 10.0. The minimum atomic E-state index is 0.782. The molecule has 0 N–H and O–H groups in total. The maximum Gasteiger partial charge on any atom is 0.151 e. The summed E-state index contributed by atoms with van der Waals surface area (Å²) in [6.45, 7) is 3.39. The molecule has 1 aromatic heterocycles. The van der Waals surface area contributed by atoms with Crippen LogP contribution < -0.4 is 0 Å². The van der Waals surface area contributed by atoms with Gasteiger partial charge in [0.15, 0.2) is 5.82 Å². The van der Waals surface area contributed by atoms with Crippen LogP contribution in [0.15, 0.2) is 0 Å². The van der Waals surface area contributed by atoms with Gasteiger partial charge in [0.25, 0.3) is 0 Å². The lowest BCUT2D eigenvalue weighted by Gasteiger charge is -2.19. The van der Waals surface area contributed by atoms with Gasteiger partial charge in [0.05, 0.1) is 0 Å². The highest BCUT2D eigenvalue weighted by molar-refractivity contribution is 7.99. The van der Waals surface area contributed by atoms with Crippen molar-refractivity contribution in [3.05, 3.63) is 11.6 Å². The Balaban J connectivity index is 1.67. The summed E-state index contributed by atoms with van der Waals surface area (Å²) in [4.78, 5) is 4.74. The van der Waals surface area contributed by atoms with Crippen molar-refractivity contribution in [1.29, 1.82) is 0 Å². The normalized spacial score (nSPS) is 29.0. The Morgan fingerprint density at radius 2 is 2.35 bits per heavy atom. The number of fused-ring (bicyclic) bond motifs is 1. The summed E-state index contributed by atoms with van der Waals surface area (Å²) >= 11 is 2.10. The maximum absolute atomic E-state index is 4.74. The fraction of sp³-hybridized carbons (Fsp3) is 0.846. The van der Waals surface area contributed by atoms with Crippen molar-refractivity contribution in [2.24, 2.45) is 11.8 Å². The van der Waals surface area contributed by atoms with Crippen LogP contribution in [0.2, 0.25) is 0 Å². The molecule has 4 heteroatoms. The van der Waals surface area contributed by atoms with Crippen LogP contribution in [0.3, 0.4) is 0 Å². The predicted molar refractivity (Wildman–Crippen MR) is 71.3 cm³/mol. The van der Waals surface area contributed by atoms with E-state index >= 15 is 0 Å². The molecule has 0 bridgehead atoms. The molecular formula is C13H21N3S. The molecule has 17 heavy (non-hydrogen) atoms. The second kappa shape index (κ2) is 5.01. The summed E-state index contributed by atoms with van der Waals surface area (Å²) in [5, 5.41) is 4.68. The predicted octanol–water partition coefficient (Wildman–Crippen LogP) is 2.55. The van der Waals surface area contributed by atoms with Gasteiger partial charge >= 0.3 is 0 Å². The van der Waals surface area contributed by atoms with Gasteiger partial charge in [-0.3, -0.25) is 0 Å². The number of aromatic nitrogens is 3. The van der Waals surface area contributed by atoms with Crippen molar-refractivity contribution in [2.45, 2.75) is 45.6 Å². The molecule has 3 nitrogen and oxygen atoms in total. The molecule has 0 saturated carbocycles. The molecule has 0 aliphatic carbocycles. The van der Waals surface area contributed by atoms with Gasteiger partial charge in [0.2, 0.25) is 0 Å². The quantitative estimate of drug-likeness (QED) is 0.809. The molecule has 2 aliphatic heterocycles. The van der Waals surface area contributed by atoms with Gasteiger partial charge < -0.3 is 0 Å². The van der Waals surface area contributed by atoms with Crippen LogP contribution in [-0.4, -0.2) is 26.3 Å². The zero-order chi connectivity index (χ0) is 11.7. The topological polar surface area (TPSA) is 30.7 Å². The third kappa shape index (κ3) is 2.67. The van der Waals surface area contributed by atoms with E-state index in [0.717, 1.165) is 37.0 Å². The molecule has 1 aromatic rings. The van der Waals surface area contributed by atoms with Crippen molar-refractivity contribution in [2.75, 3.05) is 11.5 Å². The highest BCUT2D eigenvalue weighted by Crippen LogP contribution is 2.25. The summed E-state index contributed by atoms with van der Waals surface area (Å²) in [5.74, 6) is 6.57. The van der Waals surface area contributed by atoms with Crippen LogP contribution in [0.1, 0.15) is 37.8 Å². The number of nitrogens with zero attached hydrogens (tertiary/aromatic N) is 3.